The molecule has 0 unspecified atom stereocenters. The lowest BCUT2D eigenvalue weighted by molar-refractivity contribution is -0.123. The minimum absolute atomic E-state index is 0.0892. The van der Waals surface area contributed by atoms with Crippen LogP contribution >= 0.6 is 0 Å². The molecule has 1 aliphatic rings. The van der Waals surface area contributed by atoms with Crippen LogP contribution in [0.4, 0.5) is 5.82 Å². The molecule has 0 saturated heterocycles. The van der Waals surface area contributed by atoms with E-state index >= 15 is 0 Å². The van der Waals surface area contributed by atoms with Gasteiger partial charge in [-0.1, -0.05) is 13.0 Å². The van der Waals surface area contributed by atoms with Crippen LogP contribution in [0, 0.1) is 11.8 Å². The van der Waals surface area contributed by atoms with E-state index in [1.165, 1.54) is 0 Å². The molecular weight excluding hydrogens is 252 g/mol. The molecule has 0 aliphatic heterocycles. The maximum absolute atomic E-state index is 12.7. The Morgan fingerprint density at radius 3 is 2.65 bits per heavy atom. The number of pyridine rings is 1. The second-order valence-electron chi connectivity index (χ2n) is 5.58. The molecule has 2 rings (SSSR count). The maximum Gasteiger partial charge on any atom is 0.231 e. The fourth-order valence-corrected chi connectivity index (χ4v) is 2.89. The van der Waals surface area contributed by atoms with E-state index in [4.69, 9.17) is 0 Å². The Kier molecular flexibility index (Phi) is 5.53. The SMILES string of the molecule is CCCN(C(=O)C1CCC(CO)CC1)c1ccccn1. The number of nitrogens with zero attached hydrogens (tertiary/aromatic N) is 2. The topological polar surface area (TPSA) is 53.4 Å². The third-order valence-corrected chi connectivity index (χ3v) is 4.09. The molecule has 0 bridgehead atoms. The van der Waals surface area contributed by atoms with E-state index in [9.17, 15) is 9.90 Å². The summed E-state index contributed by atoms with van der Waals surface area (Å²) in [6, 6.07) is 5.68. The number of aliphatic hydroxyl groups excluding tert-OH is 1. The van der Waals surface area contributed by atoms with E-state index in [0.717, 1.165) is 44.5 Å². The van der Waals surface area contributed by atoms with Crippen molar-refractivity contribution in [1.82, 2.24) is 4.98 Å². The van der Waals surface area contributed by atoms with Gasteiger partial charge in [-0.05, 0) is 50.2 Å². The summed E-state index contributed by atoms with van der Waals surface area (Å²) < 4.78 is 0. The van der Waals surface area contributed by atoms with Gasteiger partial charge >= 0.3 is 0 Å². The minimum Gasteiger partial charge on any atom is -0.396 e. The van der Waals surface area contributed by atoms with Crippen LogP contribution < -0.4 is 4.90 Å². The zero-order valence-electron chi connectivity index (χ0n) is 12.2. The summed E-state index contributed by atoms with van der Waals surface area (Å²) in [6.45, 7) is 3.04. The molecule has 1 aromatic heterocycles. The lowest BCUT2D eigenvalue weighted by Gasteiger charge is -2.31. The number of hydrogen-bond acceptors (Lipinski definition) is 3. The van der Waals surface area contributed by atoms with E-state index in [2.05, 4.69) is 11.9 Å². The Morgan fingerprint density at radius 2 is 2.10 bits per heavy atom. The normalized spacial score (nSPS) is 22.5. The first-order chi connectivity index (χ1) is 9.76. The Morgan fingerprint density at radius 1 is 1.35 bits per heavy atom. The minimum atomic E-state index is 0.0892. The van der Waals surface area contributed by atoms with Crippen molar-refractivity contribution in [2.24, 2.45) is 11.8 Å². The Hall–Kier alpha value is -1.42. The average molecular weight is 276 g/mol. The van der Waals surface area contributed by atoms with Crippen LogP contribution in [0.25, 0.3) is 0 Å². The van der Waals surface area contributed by atoms with Crippen LogP contribution in [-0.2, 0) is 4.79 Å². The van der Waals surface area contributed by atoms with Crippen molar-refractivity contribution in [1.29, 1.82) is 0 Å². The highest BCUT2D eigenvalue weighted by molar-refractivity contribution is 5.94. The van der Waals surface area contributed by atoms with Gasteiger partial charge in [-0.25, -0.2) is 4.98 Å². The monoisotopic (exact) mass is 276 g/mol. The predicted octanol–water partition coefficient (Wildman–Crippen LogP) is 2.62. The summed E-state index contributed by atoms with van der Waals surface area (Å²) in [5.41, 5.74) is 0. The second kappa shape index (κ2) is 7.39. The van der Waals surface area contributed by atoms with Gasteiger partial charge in [-0.3, -0.25) is 9.69 Å². The Bertz CT molecular complexity index is 414. The first-order valence-electron chi connectivity index (χ1n) is 7.59. The molecule has 20 heavy (non-hydrogen) atoms. The summed E-state index contributed by atoms with van der Waals surface area (Å²) in [5.74, 6) is 1.42. The fraction of sp³-hybridized carbons (Fsp3) is 0.625. The number of amides is 1. The first-order valence-corrected chi connectivity index (χ1v) is 7.59. The molecule has 1 aromatic rings. The van der Waals surface area contributed by atoms with Crippen LogP contribution in [-0.4, -0.2) is 29.1 Å². The van der Waals surface area contributed by atoms with Gasteiger partial charge in [-0.2, -0.15) is 0 Å². The van der Waals surface area contributed by atoms with E-state index in [1.54, 1.807) is 6.20 Å². The highest BCUT2D eigenvalue weighted by Crippen LogP contribution is 2.30. The first kappa shape index (κ1) is 15.0. The Balaban J connectivity index is 2.04. The van der Waals surface area contributed by atoms with Crippen molar-refractivity contribution < 1.29 is 9.90 Å². The summed E-state index contributed by atoms with van der Waals surface area (Å²) in [7, 11) is 0. The van der Waals surface area contributed by atoms with Crippen LogP contribution in [0.5, 0.6) is 0 Å². The third kappa shape index (κ3) is 3.57. The number of aromatic nitrogens is 1. The molecule has 0 radical (unpaired) electrons. The smallest absolute Gasteiger partial charge is 0.231 e. The average Bonchev–Trinajstić information content (AvgIpc) is 2.53. The highest BCUT2D eigenvalue weighted by Gasteiger charge is 2.29. The van der Waals surface area contributed by atoms with Gasteiger partial charge in [-0.15, -0.1) is 0 Å². The molecule has 1 aliphatic carbocycles. The number of carbonyl (C=O) groups is 1. The standard InChI is InChI=1S/C16H24N2O2/c1-2-11-18(15-5-3-4-10-17-15)16(20)14-8-6-13(12-19)7-9-14/h3-5,10,13-14,19H,2,6-9,11-12H2,1H3. The van der Waals surface area contributed by atoms with Crippen molar-refractivity contribution in [3.63, 3.8) is 0 Å². The Labute approximate surface area is 120 Å². The number of hydrogen-bond donors (Lipinski definition) is 1. The third-order valence-electron chi connectivity index (χ3n) is 4.09. The number of aliphatic hydroxyl groups is 1. The summed E-state index contributed by atoms with van der Waals surface area (Å²) in [6.07, 6.45) is 6.33. The molecule has 1 N–H and O–H groups in total. The van der Waals surface area contributed by atoms with E-state index in [0.29, 0.717) is 5.92 Å². The summed E-state index contributed by atoms with van der Waals surface area (Å²) >= 11 is 0. The van der Waals surface area contributed by atoms with Gasteiger partial charge in [0.2, 0.25) is 5.91 Å². The zero-order valence-corrected chi connectivity index (χ0v) is 12.2. The molecule has 0 atom stereocenters. The summed E-state index contributed by atoms with van der Waals surface area (Å²) in [4.78, 5) is 18.8. The molecule has 1 saturated carbocycles. The molecule has 1 heterocycles. The van der Waals surface area contributed by atoms with E-state index in [1.807, 2.05) is 23.1 Å². The van der Waals surface area contributed by atoms with Crippen LogP contribution in [0.3, 0.4) is 0 Å². The van der Waals surface area contributed by atoms with Crippen LogP contribution in [0.1, 0.15) is 39.0 Å². The molecule has 1 fully saturated rings. The lowest BCUT2D eigenvalue weighted by atomic mass is 9.81. The van der Waals surface area contributed by atoms with Crippen molar-refractivity contribution in [3.05, 3.63) is 24.4 Å². The van der Waals surface area contributed by atoms with Gasteiger partial charge in [0.15, 0.2) is 0 Å². The number of rotatable bonds is 5. The van der Waals surface area contributed by atoms with Crippen LogP contribution in [0.2, 0.25) is 0 Å². The van der Waals surface area contributed by atoms with Crippen molar-refractivity contribution in [2.45, 2.75) is 39.0 Å². The van der Waals surface area contributed by atoms with Gasteiger partial charge in [0.1, 0.15) is 5.82 Å². The van der Waals surface area contributed by atoms with Gasteiger partial charge in [0.25, 0.3) is 0 Å². The molecule has 110 valence electrons. The maximum atomic E-state index is 12.7. The molecule has 0 aromatic carbocycles. The zero-order chi connectivity index (χ0) is 14.4. The van der Waals surface area contributed by atoms with Crippen molar-refractivity contribution in [2.75, 3.05) is 18.1 Å². The van der Waals surface area contributed by atoms with E-state index < -0.39 is 0 Å². The molecule has 4 nitrogen and oxygen atoms in total. The van der Waals surface area contributed by atoms with Gasteiger partial charge < -0.3 is 5.11 Å². The second-order valence-corrected chi connectivity index (χ2v) is 5.58. The number of anilines is 1. The molecule has 4 heteroatoms. The molecular formula is C16H24N2O2. The predicted molar refractivity (Wildman–Crippen MR) is 79.4 cm³/mol. The lowest BCUT2D eigenvalue weighted by Crippen LogP contribution is -2.39. The van der Waals surface area contributed by atoms with Crippen molar-refractivity contribution in [3.8, 4) is 0 Å². The largest absolute Gasteiger partial charge is 0.396 e. The van der Waals surface area contributed by atoms with E-state index in [-0.39, 0.29) is 18.4 Å². The highest BCUT2D eigenvalue weighted by atomic mass is 16.3. The molecule has 1 amide bonds. The quantitative estimate of drug-likeness (QED) is 0.899. The van der Waals surface area contributed by atoms with Gasteiger partial charge in [0.05, 0.1) is 0 Å². The van der Waals surface area contributed by atoms with Gasteiger partial charge in [0, 0.05) is 25.3 Å². The number of carbonyl (C=O) groups excluding carboxylic acids is 1. The van der Waals surface area contributed by atoms with Crippen LogP contribution in [0.15, 0.2) is 24.4 Å². The molecule has 0 spiro atoms. The van der Waals surface area contributed by atoms with Crippen molar-refractivity contribution >= 4 is 11.7 Å². The summed E-state index contributed by atoms with van der Waals surface area (Å²) in [5, 5.41) is 9.18. The fourth-order valence-electron chi connectivity index (χ4n) is 2.89.